The zero-order valence-corrected chi connectivity index (χ0v) is 20.4. The number of rotatable bonds is 10. The van der Waals surface area contributed by atoms with Crippen molar-refractivity contribution in [1.29, 1.82) is 0 Å². The Bertz CT molecular complexity index is 993. The molecule has 0 radical (unpaired) electrons. The second kappa shape index (κ2) is 11.3. The van der Waals surface area contributed by atoms with Crippen LogP contribution in [0, 0.1) is 0 Å². The van der Waals surface area contributed by atoms with E-state index in [0.29, 0.717) is 23.4 Å². The van der Waals surface area contributed by atoms with Gasteiger partial charge in [-0.3, -0.25) is 0 Å². The van der Waals surface area contributed by atoms with Crippen LogP contribution in [0.4, 0.5) is 5.69 Å². The molecule has 0 bridgehead atoms. The fourth-order valence-electron chi connectivity index (χ4n) is 3.73. The van der Waals surface area contributed by atoms with E-state index >= 15 is 0 Å². The van der Waals surface area contributed by atoms with Gasteiger partial charge in [0, 0.05) is 6.54 Å². The molecule has 0 aliphatic rings. The topological polar surface area (TPSA) is 70.6 Å². The number of hydrogen-bond acceptors (Lipinski definition) is 4. The maximum absolute atomic E-state index is 10.6. The van der Waals surface area contributed by atoms with E-state index in [2.05, 4.69) is 62.3 Å². The van der Waals surface area contributed by atoms with Crippen LogP contribution in [-0.4, -0.2) is 17.5 Å². The summed E-state index contributed by atoms with van der Waals surface area (Å²) in [7, 11) is 0. The Kier molecular flexibility index (Phi) is 8.48. The van der Waals surface area contributed by atoms with E-state index in [9.17, 15) is 5.11 Å². The molecule has 0 aliphatic heterocycles. The van der Waals surface area contributed by atoms with Gasteiger partial charge in [-0.2, -0.15) is 0 Å². The normalized spacial score (nSPS) is 12.1. The molecule has 0 spiro atoms. The summed E-state index contributed by atoms with van der Waals surface area (Å²) >= 11 is 1.59. The Morgan fingerprint density at radius 3 is 2.22 bits per heavy atom. The molecule has 0 unspecified atom stereocenters. The van der Waals surface area contributed by atoms with Crippen LogP contribution in [0.1, 0.15) is 73.1 Å². The highest BCUT2D eigenvalue weighted by Crippen LogP contribution is 2.35. The van der Waals surface area contributed by atoms with Crippen LogP contribution in [0.2, 0.25) is 0 Å². The van der Waals surface area contributed by atoms with Gasteiger partial charge in [0.05, 0.1) is 10.6 Å². The van der Waals surface area contributed by atoms with E-state index in [1.54, 1.807) is 11.3 Å². The van der Waals surface area contributed by atoms with E-state index in [-0.39, 0.29) is 0 Å². The smallest absolute Gasteiger partial charge is 0.141 e. The minimum Gasteiger partial charge on any atom is -0.507 e. The monoisotopic (exact) mass is 449 g/mol. The second-order valence-corrected chi connectivity index (χ2v) is 9.80. The minimum atomic E-state index is 0.318. The fourth-order valence-corrected chi connectivity index (χ4v) is 4.35. The summed E-state index contributed by atoms with van der Waals surface area (Å²) in [4.78, 5) is 5.49. The highest BCUT2D eigenvalue weighted by molar-refractivity contribution is 7.12. The van der Waals surface area contributed by atoms with Gasteiger partial charge in [-0.25, -0.2) is 4.99 Å². The third-order valence-electron chi connectivity index (χ3n) is 5.58. The van der Waals surface area contributed by atoms with Crippen LogP contribution >= 0.6 is 11.3 Å². The lowest BCUT2D eigenvalue weighted by molar-refractivity contribution is 0.454. The van der Waals surface area contributed by atoms with Crippen LogP contribution in [0.15, 0.2) is 58.9 Å². The number of nitrogens with one attached hydrogen (secondary N) is 1. The maximum atomic E-state index is 10.6. The Balaban J connectivity index is 1.49. The molecule has 0 fully saturated rings. The average molecular weight is 450 g/mol. The van der Waals surface area contributed by atoms with Gasteiger partial charge in [-0.05, 0) is 77.1 Å². The van der Waals surface area contributed by atoms with E-state index in [4.69, 9.17) is 5.73 Å². The zero-order valence-electron chi connectivity index (χ0n) is 19.6. The Labute approximate surface area is 196 Å². The number of aromatic hydroxyl groups is 1. The quantitative estimate of drug-likeness (QED) is 0.189. The molecule has 0 saturated carbocycles. The van der Waals surface area contributed by atoms with Crippen LogP contribution in [0.5, 0.6) is 5.75 Å². The Hall–Kier alpha value is -2.63. The highest BCUT2D eigenvalue weighted by Gasteiger charge is 2.15. The van der Waals surface area contributed by atoms with Crippen LogP contribution in [-0.2, 0) is 13.0 Å². The van der Waals surface area contributed by atoms with Crippen molar-refractivity contribution in [1.82, 2.24) is 5.32 Å². The number of phenolic OH excluding ortho intramolecular Hbond substituents is 1. The zero-order chi connectivity index (χ0) is 23.1. The van der Waals surface area contributed by atoms with E-state index < -0.39 is 0 Å². The first-order valence-corrected chi connectivity index (χ1v) is 12.3. The van der Waals surface area contributed by atoms with Crippen molar-refractivity contribution in [3.63, 3.8) is 0 Å². The predicted molar refractivity (Wildman–Crippen MR) is 137 cm³/mol. The SMILES string of the molecule is CC(C)c1cc(CCCNCc2ccc(N=C(N)c3cccs3)cc2)cc(C(C)C)c1O. The molecule has 0 aliphatic carbocycles. The summed E-state index contributed by atoms with van der Waals surface area (Å²) in [6.45, 7) is 10.3. The fraction of sp³-hybridized carbons (Fsp3) is 0.370. The molecule has 0 saturated heterocycles. The number of phenols is 1. The van der Waals surface area contributed by atoms with Gasteiger partial charge in [0.2, 0.25) is 0 Å². The molecule has 0 atom stereocenters. The molecule has 3 aromatic rings. The summed E-state index contributed by atoms with van der Waals surface area (Å²) in [5.41, 5.74) is 11.6. The molecule has 32 heavy (non-hydrogen) atoms. The molecule has 4 N–H and O–H groups in total. The first-order valence-electron chi connectivity index (χ1n) is 11.4. The van der Waals surface area contributed by atoms with Gasteiger partial charge >= 0.3 is 0 Å². The number of hydrogen-bond donors (Lipinski definition) is 3. The molecule has 2 aromatic carbocycles. The molecule has 0 amide bonds. The molecule has 1 heterocycles. The van der Waals surface area contributed by atoms with Gasteiger partial charge in [0.1, 0.15) is 11.6 Å². The van der Waals surface area contributed by atoms with Crippen LogP contribution in [0.3, 0.4) is 0 Å². The molecular formula is C27H35N3OS. The molecule has 5 heteroatoms. The number of nitrogens with zero attached hydrogens (tertiary/aromatic N) is 1. The predicted octanol–water partition coefficient (Wildman–Crippen LogP) is 6.46. The molecule has 4 nitrogen and oxygen atoms in total. The number of aryl methyl sites for hydroxylation is 1. The van der Waals surface area contributed by atoms with E-state index in [1.165, 1.54) is 11.1 Å². The van der Waals surface area contributed by atoms with Gasteiger partial charge in [-0.15, -0.1) is 11.3 Å². The minimum absolute atomic E-state index is 0.318. The van der Waals surface area contributed by atoms with E-state index in [0.717, 1.165) is 47.6 Å². The second-order valence-electron chi connectivity index (χ2n) is 8.85. The summed E-state index contributed by atoms with van der Waals surface area (Å²) in [6, 6.07) is 16.5. The molecule has 1 aromatic heterocycles. The standard InChI is InChI=1S/C27H35N3OS/c1-18(2)23-15-21(16-24(19(3)4)26(23)31)7-5-13-29-17-20-9-11-22(12-10-20)30-27(28)25-8-6-14-32-25/h6,8-12,14-16,18-19,29,31H,5,7,13,17H2,1-4H3,(H2,28,30). The van der Waals surface area contributed by atoms with Gasteiger partial charge in [-0.1, -0.05) is 58.0 Å². The first kappa shape index (κ1) is 24.0. The third kappa shape index (κ3) is 6.44. The van der Waals surface area contributed by atoms with Crippen LogP contribution in [0.25, 0.3) is 0 Å². The number of thiophene rings is 1. The van der Waals surface area contributed by atoms with Crippen molar-refractivity contribution in [2.24, 2.45) is 10.7 Å². The number of nitrogens with two attached hydrogens (primary N) is 1. The van der Waals surface area contributed by atoms with Crippen molar-refractivity contribution in [2.75, 3.05) is 6.54 Å². The lowest BCUT2D eigenvalue weighted by Gasteiger charge is -2.17. The van der Waals surface area contributed by atoms with Crippen molar-refractivity contribution in [2.45, 2.75) is 58.9 Å². The van der Waals surface area contributed by atoms with Gasteiger partial charge in [0.15, 0.2) is 0 Å². The molecule has 170 valence electrons. The Morgan fingerprint density at radius 1 is 1.00 bits per heavy atom. The Morgan fingerprint density at radius 2 is 1.66 bits per heavy atom. The average Bonchev–Trinajstić information content (AvgIpc) is 3.30. The highest BCUT2D eigenvalue weighted by atomic mass is 32.1. The van der Waals surface area contributed by atoms with Gasteiger partial charge < -0.3 is 16.2 Å². The third-order valence-corrected chi connectivity index (χ3v) is 6.47. The first-order chi connectivity index (χ1) is 15.3. The lowest BCUT2D eigenvalue weighted by Crippen LogP contribution is -2.15. The maximum Gasteiger partial charge on any atom is 0.141 e. The summed E-state index contributed by atoms with van der Waals surface area (Å²) < 4.78 is 0. The van der Waals surface area contributed by atoms with Gasteiger partial charge in [0.25, 0.3) is 0 Å². The largest absolute Gasteiger partial charge is 0.507 e. The number of aliphatic imine (C=N–C) groups is 1. The number of amidine groups is 1. The summed E-state index contributed by atoms with van der Waals surface area (Å²) in [5.74, 6) is 1.67. The summed E-state index contributed by atoms with van der Waals surface area (Å²) in [6.07, 6.45) is 2.06. The van der Waals surface area contributed by atoms with Crippen LogP contribution < -0.4 is 11.1 Å². The van der Waals surface area contributed by atoms with E-state index in [1.807, 2.05) is 29.6 Å². The lowest BCUT2D eigenvalue weighted by atomic mass is 9.90. The van der Waals surface area contributed by atoms with Crippen molar-refractivity contribution >= 4 is 22.9 Å². The molecule has 3 rings (SSSR count). The van der Waals surface area contributed by atoms with Crippen molar-refractivity contribution in [3.05, 3.63) is 81.0 Å². The van der Waals surface area contributed by atoms with Crippen molar-refractivity contribution < 1.29 is 5.11 Å². The van der Waals surface area contributed by atoms with Crippen molar-refractivity contribution in [3.8, 4) is 5.75 Å². The molecular weight excluding hydrogens is 414 g/mol. The summed E-state index contributed by atoms with van der Waals surface area (Å²) in [5, 5.41) is 16.1. The number of benzene rings is 2.